The second-order valence-electron chi connectivity index (χ2n) is 4.00. The van der Waals surface area contributed by atoms with Crippen LogP contribution in [0.4, 0.5) is 5.82 Å². The first-order chi connectivity index (χ1) is 7.16. The predicted molar refractivity (Wildman–Crippen MR) is 70.8 cm³/mol. The third-order valence-corrected chi connectivity index (χ3v) is 3.95. The van der Waals surface area contributed by atoms with Gasteiger partial charge in [0.2, 0.25) is 0 Å². The SMILES string of the molecule is Cc1cnc(N2CCCC(Br)C2)c(Br)c1. The number of hydrogen-bond donors (Lipinski definition) is 0. The lowest BCUT2D eigenvalue weighted by Crippen LogP contribution is -2.36. The van der Waals surface area contributed by atoms with Crippen molar-refractivity contribution in [1.82, 2.24) is 4.98 Å². The van der Waals surface area contributed by atoms with E-state index in [1.54, 1.807) is 0 Å². The lowest BCUT2D eigenvalue weighted by Gasteiger charge is -2.31. The topological polar surface area (TPSA) is 16.1 Å². The minimum atomic E-state index is 0.598. The molecule has 0 bridgehead atoms. The van der Waals surface area contributed by atoms with Crippen LogP contribution in [0.15, 0.2) is 16.7 Å². The Morgan fingerprint density at radius 2 is 2.33 bits per heavy atom. The van der Waals surface area contributed by atoms with Crippen LogP contribution in [-0.2, 0) is 0 Å². The molecule has 1 aromatic heterocycles. The van der Waals surface area contributed by atoms with Crippen molar-refractivity contribution in [1.29, 1.82) is 0 Å². The van der Waals surface area contributed by atoms with Gasteiger partial charge in [-0.25, -0.2) is 4.98 Å². The van der Waals surface area contributed by atoms with Gasteiger partial charge in [0.15, 0.2) is 0 Å². The Morgan fingerprint density at radius 3 is 3.00 bits per heavy atom. The Bertz CT molecular complexity index is 354. The standard InChI is InChI=1S/C11H14Br2N2/c1-8-5-10(13)11(14-6-8)15-4-2-3-9(12)7-15/h5-6,9H,2-4,7H2,1H3. The Morgan fingerprint density at radius 1 is 1.53 bits per heavy atom. The Hall–Kier alpha value is -0.0900. The van der Waals surface area contributed by atoms with Gasteiger partial charge in [-0.1, -0.05) is 15.9 Å². The molecular formula is C11H14Br2N2. The van der Waals surface area contributed by atoms with Crippen LogP contribution in [0.2, 0.25) is 0 Å². The number of nitrogens with zero attached hydrogens (tertiary/aromatic N) is 2. The summed E-state index contributed by atoms with van der Waals surface area (Å²) in [6, 6.07) is 2.13. The maximum Gasteiger partial charge on any atom is 0.142 e. The van der Waals surface area contributed by atoms with Gasteiger partial charge in [-0.05, 0) is 47.3 Å². The molecule has 0 aromatic carbocycles. The van der Waals surface area contributed by atoms with E-state index in [4.69, 9.17) is 0 Å². The van der Waals surface area contributed by atoms with Crippen LogP contribution in [0, 0.1) is 6.92 Å². The largest absolute Gasteiger partial charge is 0.355 e. The van der Waals surface area contributed by atoms with Crippen molar-refractivity contribution >= 4 is 37.7 Å². The number of piperidine rings is 1. The van der Waals surface area contributed by atoms with E-state index in [0.717, 1.165) is 23.4 Å². The quantitative estimate of drug-likeness (QED) is 0.731. The molecule has 1 saturated heterocycles. The van der Waals surface area contributed by atoms with Gasteiger partial charge in [-0.3, -0.25) is 0 Å². The summed E-state index contributed by atoms with van der Waals surface area (Å²) in [6.07, 6.45) is 4.43. The number of rotatable bonds is 1. The van der Waals surface area contributed by atoms with Gasteiger partial charge in [0.05, 0.1) is 4.47 Å². The zero-order valence-electron chi connectivity index (χ0n) is 8.71. The van der Waals surface area contributed by atoms with Crippen LogP contribution in [0.1, 0.15) is 18.4 Å². The molecule has 1 aromatic rings. The monoisotopic (exact) mass is 332 g/mol. The van der Waals surface area contributed by atoms with Crippen LogP contribution in [-0.4, -0.2) is 22.9 Å². The normalized spacial score (nSPS) is 21.8. The third kappa shape index (κ3) is 2.72. The highest BCUT2D eigenvalue weighted by molar-refractivity contribution is 9.10. The molecule has 1 aliphatic rings. The smallest absolute Gasteiger partial charge is 0.142 e. The molecule has 2 heterocycles. The fraction of sp³-hybridized carbons (Fsp3) is 0.545. The average molecular weight is 334 g/mol. The maximum absolute atomic E-state index is 4.49. The van der Waals surface area contributed by atoms with E-state index in [-0.39, 0.29) is 0 Å². The molecule has 0 amide bonds. The maximum atomic E-state index is 4.49. The van der Waals surface area contributed by atoms with Crippen LogP contribution in [0.5, 0.6) is 0 Å². The van der Waals surface area contributed by atoms with Gasteiger partial charge in [0.25, 0.3) is 0 Å². The van der Waals surface area contributed by atoms with Crippen molar-refractivity contribution in [3.63, 3.8) is 0 Å². The van der Waals surface area contributed by atoms with E-state index in [1.807, 2.05) is 6.20 Å². The highest BCUT2D eigenvalue weighted by atomic mass is 79.9. The molecule has 2 nitrogen and oxygen atoms in total. The van der Waals surface area contributed by atoms with E-state index < -0.39 is 0 Å². The summed E-state index contributed by atoms with van der Waals surface area (Å²) >= 11 is 7.26. The number of aryl methyl sites for hydroxylation is 1. The predicted octanol–water partition coefficient (Wildman–Crippen LogP) is 3.52. The van der Waals surface area contributed by atoms with E-state index in [9.17, 15) is 0 Å². The van der Waals surface area contributed by atoms with E-state index in [1.165, 1.54) is 18.4 Å². The van der Waals surface area contributed by atoms with Crippen LogP contribution in [0.25, 0.3) is 0 Å². The molecule has 1 unspecified atom stereocenters. The fourth-order valence-electron chi connectivity index (χ4n) is 1.88. The summed E-state index contributed by atoms with van der Waals surface area (Å²) in [7, 11) is 0. The Balaban J connectivity index is 2.21. The number of alkyl halides is 1. The van der Waals surface area contributed by atoms with Gasteiger partial charge < -0.3 is 4.90 Å². The second kappa shape index (κ2) is 4.83. The molecule has 1 fully saturated rings. The van der Waals surface area contributed by atoms with Gasteiger partial charge >= 0.3 is 0 Å². The van der Waals surface area contributed by atoms with Crippen molar-refractivity contribution in [2.45, 2.75) is 24.6 Å². The van der Waals surface area contributed by atoms with Crippen LogP contribution >= 0.6 is 31.9 Å². The highest BCUT2D eigenvalue weighted by Gasteiger charge is 2.20. The summed E-state index contributed by atoms with van der Waals surface area (Å²) in [6.45, 7) is 4.22. The fourth-order valence-corrected chi connectivity index (χ4v) is 3.26. The summed E-state index contributed by atoms with van der Waals surface area (Å²) in [5, 5.41) is 0. The zero-order valence-corrected chi connectivity index (χ0v) is 11.9. The number of pyridine rings is 1. The molecule has 15 heavy (non-hydrogen) atoms. The summed E-state index contributed by atoms with van der Waals surface area (Å²) in [4.78, 5) is 7.43. The number of aromatic nitrogens is 1. The number of anilines is 1. The molecule has 0 N–H and O–H groups in total. The average Bonchev–Trinajstić information content (AvgIpc) is 2.17. The lowest BCUT2D eigenvalue weighted by atomic mass is 10.1. The minimum absolute atomic E-state index is 0.598. The van der Waals surface area contributed by atoms with Crippen molar-refractivity contribution in [2.75, 3.05) is 18.0 Å². The number of hydrogen-bond acceptors (Lipinski definition) is 2. The summed E-state index contributed by atoms with van der Waals surface area (Å²) in [5.41, 5.74) is 1.19. The van der Waals surface area contributed by atoms with Crippen LogP contribution < -0.4 is 4.90 Å². The Labute approximate surface area is 107 Å². The van der Waals surface area contributed by atoms with E-state index in [2.05, 4.69) is 54.7 Å². The van der Waals surface area contributed by atoms with Gasteiger partial charge in [-0.2, -0.15) is 0 Å². The van der Waals surface area contributed by atoms with Gasteiger partial charge in [0, 0.05) is 24.1 Å². The van der Waals surface area contributed by atoms with Crippen molar-refractivity contribution in [3.8, 4) is 0 Å². The minimum Gasteiger partial charge on any atom is -0.355 e. The van der Waals surface area contributed by atoms with Crippen molar-refractivity contribution in [3.05, 3.63) is 22.3 Å². The van der Waals surface area contributed by atoms with E-state index >= 15 is 0 Å². The molecule has 0 saturated carbocycles. The van der Waals surface area contributed by atoms with Crippen LogP contribution in [0.3, 0.4) is 0 Å². The second-order valence-corrected chi connectivity index (χ2v) is 6.15. The zero-order chi connectivity index (χ0) is 10.8. The molecule has 82 valence electrons. The van der Waals surface area contributed by atoms with E-state index in [0.29, 0.717) is 4.83 Å². The molecule has 0 radical (unpaired) electrons. The summed E-state index contributed by atoms with van der Waals surface area (Å²) in [5.74, 6) is 1.07. The molecule has 0 aliphatic carbocycles. The van der Waals surface area contributed by atoms with Gasteiger partial charge in [0.1, 0.15) is 5.82 Å². The Kier molecular flexibility index (Phi) is 3.67. The molecule has 0 spiro atoms. The number of halogens is 2. The highest BCUT2D eigenvalue weighted by Crippen LogP contribution is 2.28. The molecule has 1 aliphatic heterocycles. The molecule has 1 atom stereocenters. The van der Waals surface area contributed by atoms with Crippen molar-refractivity contribution in [2.24, 2.45) is 0 Å². The van der Waals surface area contributed by atoms with Gasteiger partial charge in [-0.15, -0.1) is 0 Å². The molecular weight excluding hydrogens is 320 g/mol. The molecule has 2 rings (SSSR count). The van der Waals surface area contributed by atoms with Crippen molar-refractivity contribution < 1.29 is 0 Å². The first kappa shape index (κ1) is 11.4. The molecule has 4 heteroatoms. The third-order valence-electron chi connectivity index (χ3n) is 2.62. The summed E-state index contributed by atoms with van der Waals surface area (Å²) < 4.78 is 1.10. The lowest BCUT2D eigenvalue weighted by molar-refractivity contribution is 0.590. The first-order valence-electron chi connectivity index (χ1n) is 5.18. The first-order valence-corrected chi connectivity index (χ1v) is 6.89.